The Hall–Kier alpha value is 0.140. The van der Waals surface area contributed by atoms with Gasteiger partial charge in [-0.1, -0.05) is 36.4 Å². The number of piperazine rings is 1. The molecular weight excluding hydrogens is 252 g/mol. The van der Waals surface area contributed by atoms with Crippen LogP contribution < -0.4 is 5.32 Å². The van der Waals surface area contributed by atoms with Crippen LogP contribution in [0.5, 0.6) is 0 Å². The second-order valence-electron chi connectivity index (χ2n) is 4.64. The lowest BCUT2D eigenvalue weighted by molar-refractivity contribution is 0.0909. The van der Waals surface area contributed by atoms with Gasteiger partial charge in [0.25, 0.3) is 0 Å². The van der Waals surface area contributed by atoms with Gasteiger partial charge < -0.3 is 5.32 Å². The third-order valence-corrected chi connectivity index (χ3v) is 3.88. The second-order valence-corrected chi connectivity index (χ2v) is 5.76. The van der Waals surface area contributed by atoms with Crippen LogP contribution in [0.15, 0.2) is 11.1 Å². The van der Waals surface area contributed by atoms with E-state index in [1.807, 2.05) is 0 Å². The normalized spacial score (nSPS) is 26.5. The average molecular weight is 275 g/mol. The maximum Gasteiger partial charge on any atom is 0.0304 e. The molecule has 1 aliphatic heterocycles. The molecule has 1 fully saturated rings. The fraction of sp³-hybridized carbons (Fsp3) is 0.833. The van der Waals surface area contributed by atoms with Crippen LogP contribution in [-0.4, -0.2) is 36.1 Å². The maximum atomic E-state index is 3.94. The van der Waals surface area contributed by atoms with E-state index in [0.29, 0.717) is 11.6 Å². The van der Waals surface area contributed by atoms with Gasteiger partial charge in [0.05, 0.1) is 0 Å². The van der Waals surface area contributed by atoms with Gasteiger partial charge in [-0.05, 0) is 19.8 Å². The summed E-state index contributed by atoms with van der Waals surface area (Å²) < 4.78 is 1.08. The first-order chi connectivity index (χ1) is 7.03. The molecule has 15 heavy (non-hydrogen) atoms. The van der Waals surface area contributed by atoms with Crippen LogP contribution >= 0.6 is 15.9 Å². The molecule has 0 aromatic carbocycles. The summed E-state index contributed by atoms with van der Waals surface area (Å²) in [5.41, 5.74) is 0.314. The molecule has 1 heterocycles. The zero-order valence-corrected chi connectivity index (χ0v) is 11.7. The Kier molecular flexibility index (Phi) is 4.81. The quantitative estimate of drug-likeness (QED) is 0.848. The predicted octanol–water partition coefficient (Wildman–Crippen LogP) is 2.75. The van der Waals surface area contributed by atoms with Crippen molar-refractivity contribution in [2.75, 3.05) is 19.6 Å². The summed E-state index contributed by atoms with van der Waals surface area (Å²) in [6, 6.07) is 0.602. The standard InChI is InChI=1S/C12H23BrN2/c1-5-12(6-2)9-15(8-10(3)13)11(4)7-14-12/h11,14H,3,5-9H2,1-2,4H3. The molecule has 1 rings (SSSR count). The van der Waals surface area contributed by atoms with Crippen molar-refractivity contribution in [3.63, 3.8) is 0 Å². The van der Waals surface area contributed by atoms with Crippen LogP contribution in [0.2, 0.25) is 0 Å². The molecule has 1 unspecified atom stereocenters. The minimum Gasteiger partial charge on any atom is -0.308 e. The molecule has 0 amide bonds. The summed E-state index contributed by atoms with van der Waals surface area (Å²) in [6.07, 6.45) is 2.39. The van der Waals surface area contributed by atoms with Crippen LogP contribution in [0.3, 0.4) is 0 Å². The highest BCUT2D eigenvalue weighted by molar-refractivity contribution is 9.11. The number of nitrogens with zero attached hydrogens (tertiary/aromatic N) is 1. The summed E-state index contributed by atoms with van der Waals surface area (Å²) in [7, 11) is 0. The first-order valence-electron chi connectivity index (χ1n) is 5.85. The van der Waals surface area contributed by atoms with Gasteiger partial charge in [-0.2, -0.15) is 0 Å². The van der Waals surface area contributed by atoms with Crippen molar-refractivity contribution in [1.29, 1.82) is 0 Å². The van der Waals surface area contributed by atoms with Gasteiger partial charge in [0.2, 0.25) is 0 Å². The Morgan fingerprint density at radius 2 is 2.13 bits per heavy atom. The second kappa shape index (κ2) is 5.46. The molecule has 3 heteroatoms. The van der Waals surface area contributed by atoms with Gasteiger partial charge in [-0.25, -0.2) is 0 Å². The van der Waals surface area contributed by atoms with Crippen molar-refractivity contribution in [3.05, 3.63) is 11.1 Å². The Labute approximate surface area is 102 Å². The van der Waals surface area contributed by atoms with Gasteiger partial charge in [-0.3, -0.25) is 4.90 Å². The van der Waals surface area contributed by atoms with E-state index in [1.165, 1.54) is 12.8 Å². The highest BCUT2D eigenvalue weighted by Crippen LogP contribution is 2.23. The molecule has 0 aromatic heterocycles. The number of hydrogen-bond acceptors (Lipinski definition) is 2. The van der Waals surface area contributed by atoms with Crippen molar-refractivity contribution >= 4 is 15.9 Å². The van der Waals surface area contributed by atoms with Gasteiger partial charge >= 0.3 is 0 Å². The topological polar surface area (TPSA) is 15.3 Å². The van der Waals surface area contributed by atoms with Crippen LogP contribution in [0.1, 0.15) is 33.6 Å². The van der Waals surface area contributed by atoms with E-state index in [2.05, 4.69) is 53.5 Å². The van der Waals surface area contributed by atoms with Crippen LogP contribution in [-0.2, 0) is 0 Å². The molecule has 1 aliphatic rings. The summed E-state index contributed by atoms with van der Waals surface area (Å²) in [5, 5.41) is 3.70. The van der Waals surface area contributed by atoms with Gasteiger partial charge in [0, 0.05) is 35.7 Å². The largest absolute Gasteiger partial charge is 0.308 e. The average Bonchev–Trinajstić information content (AvgIpc) is 2.21. The fourth-order valence-electron chi connectivity index (χ4n) is 2.25. The zero-order chi connectivity index (χ0) is 11.5. The SMILES string of the molecule is C=C(Br)CN1CC(CC)(CC)NCC1C. The van der Waals surface area contributed by atoms with Crippen molar-refractivity contribution in [2.24, 2.45) is 0 Å². The Bertz CT molecular complexity index is 224. The summed E-state index contributed by atoms with van der Waals surface area (Å²) in [6.45, 7) is 13.9. The highest BCUT2D eigenvalue weighted by atomic mass is 79.9. The minimum atomic E-state index is 0.314. The molecule has 1 atom stereocenters. The third-order valence-electron chi connectivity index (χ3n) is 3.63. The molecule has 0 saturated carbocycles. The van der Waals surface area contributed by atoms with Crippen molar-refractivity contribution in [2.45, 2.75) is 45.2 Å². The Morgan fingerprint density at radius 1 is 1.53 bits per heavy atom. The number of rotatable bonds is 4. The van der Waals surface area contributed by atoms with Crippen molar-refractivity contribution < 1.29 is 0 Å². The van der Waals surface area contributed by atoms with Gasteiger partial charge in [0.15, 0.2) is 0 Å². The van der Waals surface area contributed by atoms with E-state index in [1.54, 1.807) is 0 Å². The first kappa shape index (κ1) is 13.2. The summed E-state index contributed by atoms with van der Waals surface area (Å²) >= 11 is 3.46. The molecule has 0 bridgehead atoms. The van der Waals surface area contributed by atoms with Crippen LogP contribution in [0, 0.1) is 0 Å². The summed E-state index contributed by atoms with van der Waals surface area (Å²) in [5.74, 6) is 0. The lowest BCUT2D eigenvalue weighted by atomic mass is 9.89. The molecule has 2 nitrogen and oxygen atoms in total. The number of hydrogen-bond donors (Lipinski definition) is 1. The Balaban J connectivity index is 2.66. The Morgan fingerprint density at radius 3 is 2.60 bits per heavy atom. The molecule has 0 spiro atoms. The van der Waals surface area contributed by atoms with Crippen LogP contribution in [0.25, 0.3) is 0 Å². The molecule has 0 radical (unpaired) electrons. The lowest BCUT2D eigenvalue weighted by Gasteiger charge is -2.46. The number of halogens is 1. The smallest absolute Gasteiger partial charge is 0.0304 e. The van der Waals surface area contributed by atoms with Crippen LogP contribution in [0.4, 0.5) is 0 Å². The third kappa shape index (κ3) is 3.30. The van der Waals surface area contributed by atoms with E-state index in [4.69, 9.17) is 0 Å². The van der Waals surface area contributed by atoms with E-state index >= 15 is 0 Å². The monoisotopic (exact) mass is 274 g/mol. The van der Waals surface area contributed by atoms with E-state index in [9.17, 15) is 0 Å². The van der Waals surface area contributed by atoms with E-state index in [-0.39, 0.29) is 0 Å². The van der Waals surface area contributed by atoms with E-state index in [0.717, 1.165) is 24.1 Å². The zero-order valence-electron chi connectivity index (χ0n) is 10.1. The lowest BCUT2D eigenvalue weighted by Crippen LogP contribution is -2.63. The van der Waals surface area contributed by atoms with Gasteiger partial charge in [-0.15, -0.1) is 0 Å². The minimum absolute atomic E-state index is 0.314. The summed E-state index contributed by atoms with van der Waals surface area (Å²) in [4.78, 5) is 2.51. The fourth-order valence-corrected chi connectivity index (χ4v) is 2.57. The molecule has 88 valence electrons. The predicted molar refractivity (Wildman–Crippen MR) is 70.4 cm³/mol. The highest BCUT2D eigenvalue weighted by Gasteiger charge is 2.34. The molecule has 0 aliphatic carbocycles. The van der Waals surface area contributed by atoms with Crippen molar-refractivity contribution in [1.82, 2.24) is 10.2 Å². The first-order valence-corrected chi connectivity index (χ1v) is 6.64. The maximum absolute atomic E-state index is 3.94. The number of nitrogens with one attached hydrogen (secondary N) is 1. The molecule has 1 saturated heterocycles. The molecular formula is C12H23BrN2. The van der Waals surface area contributed by atoms with E-state index < -0.39 is 0 Å². The molecule has 0 aromatic rings. The van der Waals surface area contributed by atoms with Crippen molar-refractivity contribution in [3.8, 4) is 0 Å². The molecule has 1 N–H and O–H groups in total. The van der Waals surface area contributed by atoms with Gasteiger partial charge in [0.1, 0.15) is 0 Å².